The van der Waals surface area contributed by atoms with Crippen LogP contribution in [0.5, 0.6) is 0 Å². The van der Waals surface area contributed by atoms with Crippen molar-refractivity contribution in [1.82, 2.24) is 15.1 Å². The molecule has 0 saturated carbocycles. The summed E-state index contributed by atoms with van der Waals surface area (Å²) in [4.78, 5) is 13.1. The van der Waals surface area contributed by atoms with E-state index in [-0.39, 0.29) is 11.7 Å². The van der Waals surface area contributed by atoms with E-state index in [1.54, 1.807) is 0 Å². The van der Waals surface area contributed by atoms with Crippen LogP contribution in [0.3, 0.4) is 0 Å². The zero-order valence-corrected chi connectivity index (χ0v) is 13.5. The summed E-state index contributed by atoms with van der Waals surface area (Å²) in [5.74, 6) is -0.554. The van der Waals surface area contributed by atoms with E-state index in [1.165, 1.54) is 16.8 Å². The van der Waals surface area contributed by atoms with Gasteiger partial charge in [0.2, 0.25) is 0 Å². The number of nitrogen functional groups attached to an aromatic ring is 1. The summed E-state index contributed by atoms with van der Waals surface area (Å²) in [7, 11) is 0. The molecule has 0 spiro atoms. The first-order chi connectivity index (χ1) is 11.6. The average Bonchev–Trinajstić information content (AvgIpc) is 2.91. The second-order valence-corrected chi connectivity index (χ2v) is 6.44. The van der Waals surface area contributed by atoms with Gasteiger partial charge in [0.1, 0.15) is 11.6 Å². The Kier molecular flexibility index (Phi) is 3.53. The van der Waals surface area contributed by atoms with Gasteiger partial charge in [-0.05, 0) is 36.6 Å². The molecule has 24 heavy (non-hydrogen) atoms. The van der Waals surface area contributed by atoms with Gasteiger partial charge >= 0.3 is 0 Å². The fourth-order valence-corrected chi connectivity index (χ4v) is 3.68. The second-order valence-electron chi connectivity index (χ2n) is 6.44. The molecule has 6 nitrogen and oxygen atoms in total. The summed E-state index contributed by atoms with van der Waals surface area (Å²) in [6.07, 6.45) is 1.35. The minimum absolute atomic E-state index is 0.186. The minimum Gasteiger partial charge on any atom is -0.385 e. The molecule has 0 aliphatic carbocycles. The molecule has 0 amide bonds. The van der Waals surface area contributed by atoms with Crippen molar-refractivity contribution < 1.29 is 9.18 Å². The normalized spacial score (nSPS) is 19.3. The van der Waals surface area contributed by atoms with E-state index >= 15 is 0 Å². The Morgan fingerprint density at radius 2 is 2.25 bits per heavy atom. The highest BCUT2D eigenvalue weighted by atomic mass is 19.1. The highest BCUT2D eigenvalue weighted by Gasteiger charge is 2.32. The summed E-state index contributed by atoms with van der Waals surface area (Å²) in [6, 6.07) is 2.92. The van der Waals surface area contributed by atoms with Crippen LogP contribution < -0.4 is 16.4 Å². The molecule has 2 aliphatic heterocycles. The first-order valence-corrected chi connectivity index (χ1v) is 8.21. The smallest absolute Gasteiger partial charge is 0.256 e. The van der Waals surface area contributed by atoms with Crippen molar-refractivity contribution in [2.75, 3.05) is 24.1 Å². The highest BCUT2D eigenvalue weighted by molar-refractivity contribution is 5.90. The quantitative estimate of drug-likeness (QED) is 0.743. The van der Waals surface area contributed by atoms with Gasteiger partial charge in [0.15, 0.2) is 0 Å². The third-order valence-electron chi connectivity index (χ3n) is 4.89. The lowest BCUT2D eigenvalue weighted by molar-refractivity contribution is 0.0859. The Labute approximate surface area is 139 Å². The van der Waals surface area contributed by atoms with E-state index in [0.717, 1.165) is 35.5 Å². The third-order valence-corrected chi connectivity index (χ3v) is 4.89. The SMILES string of the molecule is Cc1cc(F)cc2c1NCC[C@@H]2C(=O)n1nc2c(c1N)CNCC2. The van der Waals surface area contributed by atoms with Gasteiger partial charge in [-0.25, -0.2) is 4.39 Å². The number of nitrogens with zero attached hydrogens (tertiary/aromatic N) is 2. The largest absolute Gasteiger partial charge is 0.385 e. The molecule has 1 aromatic carbocycles. The zero-order chi connectivity index (χ0) is 16.8. The van der Waals surface area contributed by atoms with Crippen LogP contribution in [-0.2, 0) is 13.0 Å². The molecule has 0 radical (unpaired) electrons. The number of carbonyl (C=O) groups excluding carboxylic acids is 1. The molecule has 126 valence electrons. The topological polar surface area (TPSA) is 85.0 Å². The molecule has 2 aromatic rings. The lowest BCUT2D eigenvalue weighted by Crippen LogP contribution is -2.29. The van der Waals surface area contributed by atoms with E-state index in [1.807, 2.05) is 6.92 Å². The van der Waals surface area contributed by atoms with Gasteiger partial charge in [0.25, 0.3) is 5.91 Å². The number of aryl methyl sites for hydroxylation is 1. The van der Waals surface area contributed by atoms with Gasteiger partial charge < -0.3 is 16.4 Å². The van der Waals surface area contributed by atoms with Gasteiger partial charge in [-0.15, -0.1) is 0 Å². The Morgan fingerprint density at radius 3 is 3.04 bits per heavy atom. The van der Waals surface area contributed by atoms with Crippen LogP contribution >= 0.6 is 0 Å². The van der Waals surface area contributed by atoms with Crippen molar-refractivity contribution >= 4 is 17.4 Å². The summed E-state index contributed by atoms with van der Waals surface area (Å²) < 4.78 is 15.2. The molecule has 1 aromatic heterocycles. The standard InChI is InChI=1S/C17H20FN5O/c1-9-6-10(18)7-12-11(2-5-21-15(9)12)17(24)23-16(19)13-8-20-4-3-14(13)22-23/h6-7,11,20-21H,2-5,8,19H2,1H3/t11-/m0/s1. The van der Waals surface area contributed by atoms with E-state index in [4.69, 9.17) is 5.73 Å². The number of hydrogen-bond acceptors (Lipinski definition) is 5. The van der Waals surface area contributed by atoms with Crippen molar-refractivity contribution in [3.05, 3.63) is 40.3 Å². The lowest BCUT2D eigenvalue weighted by atomic mass is 9.88. The summed E-state index contributed by atoms with van der Waals surface area (Å²) in [5.41, 5.74) is 10.3. The molecule has 7 heteroatoms. The predicted molar refractivity (Wildman–Crippen MR) is 89.7 cm³/mol. The van der Waals surface area contributed by atoms with E-state index in [9.17, 15) is 9.18 Å². The Balaban J connectivity index is 1.76. The van der Waals surface area contributed by atoms with Crippen LogP contribution in [-0.4, -0.2) is 28.8 Å². The van der Waals surface area contributed by atoms with Crippen molar-refractivity contribution in [2.45, 2.75) is 32.2 Å². The Hall–Kier alpha value is -2.41. The average molecular weight is 329 g/mol. The number of anilines is 2. The minimum atomic E-state index is -0.438. The van der Waals surface area contributed by atoms with Crippen LogP contribution in [0.1, 0.15) is 39.5 Å². The summed E-state index contributed by atoms with van der Waals surface area (Å²) in [6.45, 7) is 3.97. The predicted octanol–water partition coefficient (Wildman–Crippen LogP) is 1.80. The van der Waals surface area contributed by atoms with Gasteiger partial charge in [-0.3, -0.25) is 4.79 Å². The van der Waals surface area contributed by atoms with Gasteiger partial charge in [-0.1, -0.05) is 0 Å². The number of halogens is 1. The molecule has 0 bridgehead atoms. The van der Waals surface area contributed by atoms with Crippen LogP contribution in [0, 0.1) is 12.7 Å². The number of hydrogen-bond donors (Lipinski definition) is 3. The molecule has 0 unspecified atom stereocenters. The van der Waals surface area contributed by atoms with E-state index < -0.39 is 5.92 Å². The molecule has 3 heterocycles. The maximum Gasteiger partial charge on any atom is 0.256 e. The van der Waals surface area contributed by atoms with Crippen molar-refractivity contribution in [1.29, 1.82) is 0 Å². The maximum absolute atomic E-state index is 13.9. The fraction of sp³-hybridized carbons (Fsp3) is 0.412. The number of nitrogens with one attached hydrogen (secondary N) is 2. The maximum atomic E-state index is 13.9. The monoisotopic (exact) mass is 329 g/mol. The molecule has 0 saturated heterocycles. The fourth-order valence-electron chi connectivity index (χ4n) is 3.68. The molecule has 4 N–H and O–H groups in total. The first-order valence-electron chi connectivity index (χ1n) is 8.21. The van der Waals surface area contributed by atoms with Gasteiger partial charge in [0, 0.05) is 37.3 Å². The Bertz CT molecular complexity index is 829. The molecule has 0 fully saturated rings. The van der Waals surface area contributed by atoms with E-state index in [0.29, 0.717) is 30.9 Å². The van der Waals surface area contributed by atoms with Crippen LogP contribution in [0.25, 0.3) is 0 Å². The van der Waals surface area contributed by atoms with Crippen molar-refractivity contribution in [2.24, 2.45) is 0 Å². The number of fused-ring (bicyclic) bond motifs is 2. The summed E-state index contributed by atoms with van der Waals surface area (Å²) in [5, 5.41) is 10.9. The highest BCUT2D eigenvalue weighted by Crippen LogP contribution is 2.36. The Morgan fingerprint density at radius 1 is 1.42 bits per heavy atom. The van der Waals surface area contributed by atoms with Crippen LogP contribution in [0.15, 0.2) is 12.1 Å². The van der Waals surface area contributed by atoms with Gasteiger partial charge in [0.05, 0.1) is 11.6 Å². The molecule has 1 atom stereocenters. The molecular weight excluding hydrogens is 309 g/mol. The van der Waals surface area contributed by atoms with Gasteiger partial charge in [-0.2, -0.15) is 9.78 Å². The number of nitrogens with two attached hydrogens (primary N) is 1. The van der Waals surface area contributed by atoms with Crippen LogP contribution in [0.2, 0.25) is 0 Å². The number of rotatable bonds is 1. The van der Waals surface area contributed by atoms with Crippen molar-refractivity contribution in [3.63, 3.8) is 0 Å². The summed E-state index contributed by atoms with van der Waals surface area (Å²) >= 11 is 0. The van der Waals surface area contributed by atoms with Crippen molar-refractivity contribution in [3.8, 4) is 0 Å². The molecule has 4 rings (SSSR count). The zero-order valence-electron chi connectivity index (χ0n) is 13.5. The lowest BCUT2D eigenvalue weighted by Gasteiger charge is -2.27. The van der Waals surface area contributed by atoms with E-state index in [2.05, 4.69) is 15.7 Å². The number of benzene rings is 1. The number of aromatic nitrogens is 2. The third kappa shape index (κ3) is 2.27. The second kappa shape index (κ2) is 5.59. The first kappa shape index (κ1) is 15.1. The number of carbonyl (C=O) groups is 1. The molecule has 2 aliphatic rings. The van der Waals surface area contributed by atoms with Crippen LogP contribution in [0.4, 0.5) is 15.9 Å². The molecular formula is C17H20FN5O.